The van der Waals surface area contributed by atoms with Gasteiger partial charge in [0.1, 0.15) is 0 Å². The van der Waals surface area contributed by atoms with Crippen LogP contribution in [0.2, 0.25) is 5.02 Å². The number of nitrogens with one attached hydrogen (secondary N) is 2. The first-order valence-corrected chi connectivity index (χ1v) is 6.95. The van der Waals surface area contributed by atoms with Gasteiger partial charge in [-0.25, -0.2) is 4.79 Å². The van der Waals surface area contributed by atoms with Crippen LogP contribution < -0.4 is 10.6 Å². The highest BCUT2D eigenvalue weighted by Crippen LogP contribution is 2.32. The molecule has 0 aliphatic heterocycles. The highest BCUT2D eigenvalue weighted by Gasteiger charge is 2.09. The summed E-state index contributed by atoms with van der Waals surface area (Å²) < 4.78 is 0. The highest BCUT2D eigenvalue weighted by molar-refractivity contribution is 7.98. The van der Waals surface area contributed by atoms with Crippen molar-refractivity contribution in [2.45, 2.75) is 11.8 Å². The van der Waals surface area contributed by atoms with E-state index in [-0.39, 0.29) is 11.9 Å². The molecule has 18 heavy (non-hydrogen) atoms. The van der Waals surface area contributed by atoms with Crippen LogP contribution in [0.1, 0.15) is 6.92 Å². The fourth-order valence-electron chi connectivity index (χ4n) is 1.27. The van der Waals surface area contributed by atoms with Crippen LogP contribution in [0.3, 0.4) is 0 Å². The maximum absolute atomic E-state index is 11.6. The van der Waals surface area contributed by atoms with Gasteiger partial charge in [-0.2, -0.15) is 5.26 Å². The second-order valence-corrected chi connectivity index (χ2v) is 4.91. The van der Waals surface area contributed by atoms with E-state index in [0.717, 1.165) is 4.90 Å². The Morgan fingerprint density at radius 3 is 2.94 bits per heavy atom. The van der Waals surface area contributed by atoms with Crippen LogP contribution in [0.15, 0.2) is 23.1 Å². The summed E-state index contributed by atoms with van der Waals surface area (Å²) in [7, 11) is 0. The molecule has 1 aromatic carbocycles. The minimum atomic E-state index is -0.338. The van der Waals surface area contributed by atoms with Crippen LogP contribution in [0.4, 0.5) is 10.5 Å². The van der Waals surface area contributed by atoms with Crippen molar-refractivity contribution < 1.29 is 4.79 Å². The first-order valence-electron chi connectivity index (χ1n) is 5.35. The molecule has 0 fully saturated rings. The fourth-order valence-corrected chi connectivity index (χ4v) is 2.28. The molecule has 96 valence electrons. The van der Waals surface area contributed by atoms with Gasteiger partial charge in [-0.05, 0) is 25.3 Å². The zero-order valence-electron chi connectivity index (χ0n) is 10.2. The van der Waals surface area contributed by atoms with Gasteiger partial charge in [0.25, 0.3) is 0 Å². The van der Waals surface area contributed by atoms with Crippen molar-refractivity contribution in [3.05, 3.63) is 23.2 Å². The van der Waals surface area contributed by atoms with E-state index in [1.807, 2.05) is 12.3 Å². The Balaban J connectivity index is 2.65. The third-order valence-electron chi connectivity index (χ3n) is 2.21. The Morgan fingerprint density at radius 1 is 1.61 bits per heavy atom. The van der Waals surface area contributed by atoms with Crippen molar-refractivity contribution in [1.82, 2.24) is 5.32 Å². The summed E-state index contributed by atoms with van der Waals surface area (Å²) in [5.74, 6) is -0.213. The minimum absolute atomic E-state index is 0.213. The maximum atomic E-state index is 11.6. The van der Waals surface area contributed by atoms with E-state index in [1.165, 1.54) is 11.8 Å². The first-order chi connectivity index (χ1) is 8.58. The Bertz CT molecular complexity index is 473. The number of carbonyl (C=O) groups is 1. The van der Waals surface area contributed by atoms with E-state index in [0.29, 0.717) is 17.3 Å². The van der Waals surface area contributed by atoms with Gasteiger partial charge in [-0.1, -0.05) is 17.7 Å². The summed E-state index contributed by atoms with van der Waals surface area (Å²) in [6.07, 6.45) is 1.89. The normalized spacial score (nSPS) is 11.4. The molecular formula is C12H14ClN3OS. The molecule has 0 saturated heterocycles. The van der Waals surface area contributed by atoms with Crippen LogP contribution in [-0.2, 0) is 0 Å². The minimum Gasteiger partial charge on any atom is -0.337 e. The standard InChI is InChI=1S/C12H14ClN3OS/c1-8(6-14)7-15-12(17)16-10-5-3-4-9(13)11(10)18-2/h3-5,8H,7H2,1-2H3,(H2,15,16,17)/t8-/m0/s1. The number of hydrogen-bond donors (Lipinski definition) is 2. The lowest BCUT2D eigenvalue weighted by molar-refractivity contribution is 0.251. The summed E-state index contributed by atoms with van der Waals surface area (Å²) in [6, 6.07) is 7.04. The second-order valence-electron chi connectivity index (χ2n) is 3.69. The zero-order chi connectivity index (χ0) is 13.5. The van der Waals surface area contributed by atoms with Gasteiger partial charge >= 0.3 is 6.03 Å². The van der Waals surface area contributed by atoms with Crippen molar-refractivity contribution in [2.24, 2.45) is 5.92 Å². The Labute approximate surface area is 116 Å². The number of halogens is 1. The molecule has 1 rings (SSSR count). The molecular weight excluding hydrogens is 270 g/mol. The molecule has 1 aromatic rings. The molecule has 2 amide bonds. The molecule has 2 N–H and O–H groups in total. The number of carbonyl (C=O) groups excluding carboxylic acids is 1. The van der Waals surface area contributed by atoms with Gasteiger partial charge in [0.05, 0.1) is 22.7 Å². The Morgan fingerprint density at radius 2 is 2.33 bits per heavy atom. The molecule has 0 spiro atoms. The molecule has 6 heteroatoms. The molecule has 0 bridgehead atoms. The quantitative estimate of drug-likeness (QED) is 0.833. The topological polar surface area (TPSA) is 64.9 Å². The number of benzene rings is 1. The average Bonchev–Trinajstić information content (AvgIpc) is 2.36. The Hall–Kier alpha value is -1.38. The van der Waals surface area contributed by atoms with E-state index in [4.69, 9.17) is 16.9 Å². The van der Waals surface area contributed by atoms with Crippen LogP contribution >= 0.6 is 23.4 Å². The van der Waals surface area contributed by atoms with Gasteiger partial charge in [0.2, 0.25) is 0 Å². The first kappa shape index (κ1) is 14.7. The molecule has 0 aromatic heterocycles. The van der Waals surface area contributed by atoms with Crippen LogP contribution in [0.5, 0.6) is 0 Å². The summed E-state index contributed by atoms with van der Waals surface area (Å²) in [6.45, 7) is 2.06. The van der Waals surface area contributed by atoms with Gasteiger partial charge < -0.3 is 10.6 Å². The van der Waals surface area contributed by atoms with E-state index in [2.05, 4.69) is 10.6 Å². The fraction of sp³-hybridized carbons (Fsp3) is 0.333. The van der Waals surface area contributed by atoms with Crippen LogP contribution in [0, 0.1) is 17.2 Å². The summed E-state index contributed by atoms with van der Waals surface area (Å²) in [5, 5.41) is 14.6. The molecule has 0 aliphatic carbocycles. The number of nitrogens with zero attached hydrogens (tertiary/aromatic N) is 1. The lowest BCUT2D eigenvalue weighted by Crippen LogP contribution is -2.32. The summed E-state index contributed by atoms with van der Waals surface area (Å²) >= 11 is 7.49. The smallest absolute Gasteiger partial charge is 0.319 e. The number of anilines is 1. The van der Waals surface area contributed by atoms with Crippen LogP contribution in [-0.4, -0.2) is 18.8 Å². The van der Waals surface area contributed by atoms with Crippen molar-refractivity contribution in [3.63, 3.8) is 0 Å². The third kappa shape index (κ3) is 4.13. The monoisotopic (exact) mass is 283 g/mol. The predicted molar refractivity (Wildman–Crippen MR) is 75.0 cm³/mol. The number of amides is 2. The summed E-state index contributed by atoms with van der Waals surface area (Å²) in [4.78, 5) is 12.5. The maximum Gasteiger partial charge on any atom is 0.319 e. The van der Waals surface area contributed by atoms with Crippen molar-refractivity contribution in [3.8, 4) is 6.07 Å². The molecule has 0 heterocycles. The zero-order valence-corrected chi connectivity index (χ0v) is 11.7. The number of urea groups is 1. The van der Waals surface area contributed by atoms with E-state index >= 15 is 0 Å². The molecule has 0 unspecified atom stereocenters. The van der Waals surface area contributed by atoms with E-state index in [1.54, 1.807) is 25.1 Å². The highest BCUT2D eigenvalue weighted by atomic mass is 35.5. The van der Waals surface area contributed by atoms with Gasteiger partial charge in [0, 0.05) is 11.4 Å². The number of hydrogen-bond acceptors (Lipinski definition) is 3. The lowest BCUT2D eigenvalue weighted by Gasteiger charge is -2.12. The number of thioether (sulfide) groups is 1. The largest absolute Gasteiger partial charge is 0.337 e. The number of nitriles is 1. The SMILES string of the molecule is CSc1c(Cl)cccc1NC(=O)NC[C@@H](C)C#N. The molecule has 4 nitrogen and oxygen atoms in total. The number of rotatable bonds is 4. The van der Waals surface area contributed by atoms with Crippen molar-refractivity contribution >= 4 is 35.1 Å². The third-order valence-corrected chi connectivity index (χ3v) is 3.48. The molecule has 0 saturated carbocycles. The summed E-state index contributed by atoms with van der Waals surface area (Å²) in [5.41, 5.74) is 0.664. The van der Waals surface area contributed by atoms with Gasteiger partial charge in [0.15, 0.2) is 0 Å². The van der Waals surface area contributed by atoms with Crippen LogP contribution in [0.25, 0.3) is 0 Å². The van der Waals surface area contributed by atoms with Gasteiger partial charge in [-0.15, -0.1) is 11.8 Å². The Kier molecular flexibility index (Phi) is 5.83. The van der Waals surface area contributed by atoms with Crippen molar-refractivity contribution in [2.75, 3.05) is 18.1 Å². The van der Waals surface area contributed by atoms with Gasteiger partial charge in [-0.3, -0.25) is 0 Å². The average molecular weight is 284 g/mol. The lowest BCUT2D eigenvalue weighted by atomic mass is 10.2. The molecule has 0 aliphatic rings. The predicted octanol–water partition coefficient (Wildman–Crippen LogP) is 3.34. The van der Waals surface area contributed by atoms with E-state index < -0.39 is 0 Å². The second kappa shape index (κ2) is 7.14. The molecule has 0 radical (unpaired) electrons. The van der Waals surface area contributed by atoms with Crippen molar-refractivity contribution in [1.29, 1.82) is 5.26 Å². The molecule has 1 atom stereocenters. The van der Waals surface area contributed by atoms with E-state index in [9.17, 15) is 4.79 Å².